The molecule has 0 aromatic heterocycles. The average Bonchev–Trinajstić information content (AvgIpc) is 2.13. The Balaban J connectivity index is 2.18. The van der Waals surface area contributed by atoms with Crippen LogP contribution in [0.4, 0.5) is 0 Å². The van der Waals surface area contributed by atoms with Crippen molar-refractivity contribution >= 4 is 0 Å². The minimum Gasteiger partial charge on any atom is -0.309 e. The van der Waals surface area contributed by atoms with E-state index in [9.17, 15) is 0 Å². The van der Waals surface area contributed by atoms with Crippen molar-refractivity contribution in [3.63, 3.8) is 0 Å². The molecule has 10 heavy (non-hydrogen) atoms. The van der Waals surface area contributed by atoms with Crippen LogP contribution in [0.1, 0.15) is 6.42 Å². The van der Waals surface area contributed by atoms with Crippen molar-refractivity contribution in [2.75, 3.05) is 40.8 Å². The second-order valence-electron chi connectivity index (χ2n) is 3.68. The number of likely N-dealkylation sites (tertiary alicyclic amines) is 1. The zero-order valence-electron chi connectivity index (χ0n) is 7.30. The summed E-state index contributed by atoms with van der Waals surface area (Å²) >= 11 is 0. The van der Waals surface area contributed by atoms with E-state index in [1.54, 1.807) is 0 Å². The number of nitrogens with zero attached hydrogens (tertiary/aromatic N) is 2. The van der Waals surface area contributed by atoms with Crippen molar-refractivity contribution in [1.82, 2.24) is 9.80 Å². The SMILES string of the molecule is CN(C)C[C@H]1CCN(C)C1. The zero-order chi connectivity index (χ0) is 7.56. The molecule has 60 valence electrons. The molecule has 2 nitrogen and oxygen atoms in total. The molecule has 0 amide bonds. The molecular formula is C8H18N2. The van der Waals surface area contributed by atoms with Crippen molar-refractivity contribution in [2.24, 2.45) is 5.92 Å². The van der Waals surface area contributed by atoms with Crippen LogP contribution >= 0.6 is 0 Å². The molecule has 1 fully saturated rings. The van der Waals surface area contributed by atoms with Gasteiger partial charge in [-0.3, -0.25) is 0 Å². The maximum atomic E-state index is 2.41. The summed E-state index contributed by atoms with van der Waals surface area (Å²) in [4.78, 5) is 4.69. The Morgan fingerprint density at radius 3 is 2.60 bits per heavy atom. The zero-order valence-corrected chi connectivity index (χ0v) is 7.30. The molecule has 0 aliphatic carbocycles. The van der Waals surface area contributed by atoms with E-state index in [0.29, 0.717) is 0 Å². The fourth-order valence-electron chi connectivity index (χ4n) is 1.69. The normalized spacial score (nSPS) is 28.2. The van der Waals surface area contributed by atoms with Gasteiger partial charge in [0.25, 0.3) is 0 Å². The van der Waals surface area contributed by atoms with Gasteiger partial charge in [-0.05, 0) is 40.0 Å². The van der Waals surface area contributed by atoms with E-state index in [-0.39, 0.29) is 0 Å². The first kappa shape index (κ1) is 8.02. The van der Waals surface area contributed by atoms with E-state index < -0.39 is 0 Å². The van der Waals surface area contributed by atoms with Gasteiger partial charge < -0.3 is 9.80 Å². The molecule has 1 saturated heterocycles. The first-order valence-electron chi connectivity index (χ1n) is 4.02. The van der Waals surface area contributed by atoms with E-state index in [4.69, 9.17) is 0 Å². The molecular weight excluding hydrogens is 124 g/mol. The Bertz CT molecular complexity index is 101. The quantitative estimate of drug-likeness (QED) is 0.554. The lowest BCUT2D eigenvalue weighted by molar-refractivity contribution is 0.316. The lowest BCUT2D eigenvalue weighted by Gasteiger charge is -2.15. The Morgan fingerprint density at radius 1 is 1.50 bits per heavy atom. The lowest BCUT2D eigenvalue weighted by atomic mass is 10.1. The van der Waals surface area contributed by atoms with Crippen LogP contribution in [0.15, 0.2) is 0 Å². The van der Waals surface area contributed by atoms with Crippen LogP contribution in [-0.4, -0.2) is 50.6 Å². The van der Waals surface area contributed by atoms with Crippen molar-refractivity contribution in [3.8, 4) is 0 Å². The summed E-state index contributed by atoms with van der Waals surface area (Å²) in [6.07, 6.45) is 1.38. The molecule has 1 heterocycles. The largest absolute Gasteiger partial charge is 0.309 e. The Morgan fingerprint density at radius 2 is 2.20 bits per heavy atom. The van der Waals surface area contributed by atoms with Gasteiger partial charge in [0.1, 0.15) is 0 Å². The van der Waals surface area contributed by atoms with Crippen LogP contribution < -0.4 is 0 Å². The fourth-order valence-corrected chi connectivity index (χ4v) is 1.69. The molecule has 1 aliphatic rings. The minimum atomic E-state index is 0.917. The van der Waals surface area contributed by atoms with Gasteiger partial charge in [0.2, 0.25) is 0 Å². The molecule has 1 atom stereocenters. The smallest absolute Gasteiger partial charge is 0.00193 e. The highest BCUT2D eigenvalue weighted by Gasteiger charge is 2.19. The van der Waals surface area contributed by atoms with Crippen LogP contribution in [0, 0.1) is 5.92 Å². The van der Waals surface area contributed by atoms with Crippen molar-refractivity contribution in [1.29, 1.82) is 0 Å². The minimum absolute atomic E-state index is 0.917. The molecule has 0 aromatic rings. The van der Waals surface area contributed by atoms with E-state index in [1.165, 1.54) is 26.1 Å². The second kappa shape index (κ2) is 3.35. The molecule has 0 spiro atoms. The lowest BCUT2D eigenvalue weighted by Crippen LogP contribution is -2.23. The summed E-state index contributed by atoms with van der Waals surface area (Å²) in [5, 5.41) is 0. The summed E-state index contributed by atoms with van der Waals surface area (Å²) in [6, 6.07) is 0. The van der Waals surface area contributed by atoms with E-state index in [2.05, 4.69) is 30.9 Å². The van der Waals surface area contributed by atoms with Gasteiger partial charge in [0, 0.05) is 13.1 Å². The highest BCUT2D eigenvalue weighted by molar-refractivity contribution is 4.74. The maximum Gasteiger partial charge on any atom is 0.00193 e. The van der Waals surface area contributed by atoms with Crippen molar-refractivity contribution in [2.45, 2.75) is 6.42 Å². The van der Waals surface area contributed by atoms with Crippen LogP contribution in [0.5, 0.6) is 0 Å². The van der Waals surface area contributed by atoms with E-state index >= 15 is 0 Å². The molecule has 0 N–H and O–H groups in total. The Labute approximate surface area is 63.8 Å². The predicted molar refractivity (Wildman–Crippen MR) is 44.2 cm³/mol. The highest BCUT2D eigenvalue weighted by atomic mass is 15.1. The van der Waals surface area contributed by atoms with Crippen molar-refractivity contribution < 1.29 is 0 Å². The average molecular weight is 142 g/mol. The van der Waals surface area contributed by atoms with Gasteiger partial charge in [-0.25, -0.2) is 0 Å². The third kappa shape index (κ3) is 2.27. The number of hydrogen-bond donors (Lipinski definition) is 0. The van der Waals surface area contributed by atoms with Crippen LogP contribution in [0.25, 0.3) is 0 Å². The Kier molecular flexibility index (Phi) is 2.69. The summed E-state index contributed by atoms with van der Waals surface area (Å²) in [6.45, 7) is 3.83. The molecule has 0 bridgehead atoms. The first-order valence-corrected chi connectivity index (χ1v) is 4.02. The van der Waals surface area contributed by atoms with E-state index in [0.717, 1.165) is 5.92 Å². The van der Waals surface area contributed by atoms with Crippen LogP contribution in [0.3, 0.4) is 0 Å². The molecule has 1 rings (SSSR count). The van der Waals surface area contributed by atoms with Crippen LogP contribution in [-0.2, 0) is 0 Å². The molecule has 2 heteroatoms. The second-order valence-corrected chi connectivity index (χ2v) is 3.68. The highest BCUT2D eigenvalue weighted by Crippen LogP contribution is 2.14. The predicted octanol–water partition coefficient (Wildman–Crippen LogP) is 0.500. The number of hydrogen-bond acceptors (Lipinski definition) is 2. The topological polar surface area (TPSA) is 6.48 Å². The standard InChI is InChI=1S/C8H18N2/c1-9(2)6-8-4-5-10(3)7-8/h8H,4-7H2,1-3H3/t8-/m1/s1. The van der Waals surface area contributed by atoms with Crippen LogP contribution in [0.2, 0.25) is 0 Å². The summed E-state index contributed by atoms with van der Waals surface area (Å²) in [5.74, 6) is 0.917. The van der Waals surface area contributed by atoms with Crippen molar-refractivity contribution in [3.05, 3.63) is 0 Å². The summed E-state index contributed by atoms with van der Waals surface area (Å²) < 4.78 is 0. The fraction of sp³-hybridized carbons (Fsp3) is 1.00. The monoisotopic (exact) mass is 142 g/mol. The van der Waals surface area contributed by atoms with E-state index in [1.807, 2.05) is 0 Å². The maximum absolute atomic E-state index is 2.41. The van der Waals surface area contributed by atoms with Gasteiger partial charge in [-0.15, -0.1) is 0 Å². The third-order valence-corrected chi connectivity index (χ3v) is 2.11. The van der Waals surface area contributed by atoms with Gasteiger partial charge in [0.15, 0.2) is 0 Å². The van der Waals surface area contributed by atoms with Gasteiger partial charge >= 0.3 is 0 Å². The number of rotatable bonds is 2. The molecule has 0 aromatic carbocycles. The third-order valence-electron chi connectivity index (χ3n) is 2.11. The molecule has 0 unspecified atom stereocenters. The summed E-state index contributed by atoms with van der Waals surface area (Å²) in [7, 11) is 6.51. The van der Waals surface area contributed by atoms with Gasteiger partial charge in [0.05, 0.1) is 0 Å². The summed E-state index contributed by atoms with van der Waals surface area (Å²) in [5.41, 5.74) is 0. The van der Waals surface area contributed by atoms with Gasteiger partial charge in [-0.1, -0.05) is 0 Å². The molecule has 0 saturated carbocycles. The Hall–Kier alpha value is -0.0800. The molecule has 1 aliphatic heterocycles. The first-order chi connectivity index (χ1) is 4.68. The molecule has 0 radical (unpaired) electrons. The van der Waals surface area contributed by atoms with Gasteiger partial charge in [-0.2, -0.15) is 0 Å².